The number of nitrogens with one attached hydrogen (secondary N) is 1. The Kier molecular flexibility index (Phi) is 4.26. The van der Waals surface area contributed by atoms with Crippen LogP contribution in [0.4, 0.5) is 4.39 Å². The summed E-state index contributed by atoms with van der Waals surface area (Å²) in [6.07, 6.45) is 2.08. The SMILES string of the molecule is COC1CC(NC(C)Cc2ccccc2F)C1(C)C. The molecule has 3 atom stereocenters. The molecule has 0 amide bonds. The van der Waals surface area contributed by atoms with E-state index in [1.807, 2.05) is 12.1 Å². The van der Waals surface area contributed by atoms with Crippen molar-refractivity contribution in [3.8, 4) is 0 Å². The molecule has 0 saturated heterocycles. The van der Waals surface area contributed by atoms with E-state index in [2.05, 4.69) is 26.1 Å². The topological polar surface area (TPSA) is 21.3 Å². The van der Waals surface area contributed by atoms with Gasteiger partial charge in [0.05, 0.1) is 6.10 Å². The lowest BCUT2D eigenvalue weighted by atomic mass is 9.64. The molecule has 106 valence electrons. The maximum absolute atomic E-state index is 13.6. The van der Waals surface area contributed by atoms with E-state index in [4.69, 9.17) is 4.74 Å². The summed E-state index contributed by atoms with van der Waals surface area (Å²) < 4.78 is 19.1. The summed E-state index contributed by atoms with van der Waals surface area (Å²) in [6.45, 7) is 6.55. The van der Waals surface area contributed by atoms with Crippen LogP contribution in [0.25, 0.3) is 0 Å². The summed E-state index contributed by atoms with van der Waals surface area (Å²) >= 11 is 0. The molecule has 0 aliphatic heterocycles. The third-order valence-corrected chi connectivity index (χ3v) is 4.43. The van der Waals surface area contributed by atoms with E-state index in [1.54, 1.807) is 13.2 Å². The molecule has 0 aromatic heterocycles. The van der Waals surface area contributed by atoms with Crippen LogP contribution in [0.3, 0.4) is 0 Å². The molecule has 1 aliphatic rings. The van der Waals surface area contributed by atoms with Crippen LogP contribution in [0.2, 0.25) is 0 Å². The van der Waals surface area contributed by atoms with Gasteiger partial charge in [-0.2, -0.15) is 0 Å². The quantitative estimate of drug-likeness (QED) is 0.883. The first-order chi connectivity index (χ1) is 8.95. The van der Waals surface area contributed by atoms with Crippen molar-refractivity contribution in [3.63, 3.8) is 0 Å². The number of rotatable bonds is 5. The smallest absolute Gasteiger partial charge is 0.126 e. The minimum absolute atomic E-state index is 0.112. The molecule has 1 aromatic rings. The van der Waals surface area contributed by atoms with Crippen molar-refractivity contribution in [2.45, 2.75) is 51.8 Å². The largest absolute Gasteiger partial charge is 0.381 e. The van der Waals surface area contributed by atoms with Gasteiger partial charge in [-0.15, -0.1) is 0 Å². The lowest BCUT2D eigenvalue weighted by molar-refractivity contribution is -0.0997. The highest BCUT2D eigenvalue weighted by atomic mass is 19.1. The molecule has 2 nitrogen and oxygen atoms in total. The number of ether oxygens (including phenoxy) is 1. The monoisotopic (exact) mass is 265 g/mol. The molecule has 0 bridgehead atoms. The van der Waals surface area contributed by atoms with Gasteiger partial charge in [-0.1, -0.05) is 32.0 Å². The van der Waals surface area contributed by atoms with Gasteiger partial charge in [0.25, 0.3) is 0 Å². The lowest BCUT2D eigenvalue weighted by Gasteiger charge is -2.52. The van der Waals surface area contributed by atoms with Gasteiger partial charge in [-0.25, -0.2) is 4.39 Å². The maximum atomic E-state index is 13.6. The minimum atomic E-state index is -0.112. The van der Waals surface area contributed by atoms with Gasteiger partial charge in [-0.05, 0) is 31.4 Å². The molecule has 19 heavy (non-hydrogen) atoms. The molecule has 0 spiro atoms. The fourth-order valence-corrected chi connectivity index (χ4v) is 2.96. The van der Waals surface area contributed by atoms with Crippen molar-refractivity contribution >= 4 is 0 Å². The van der Waals surface area contributed by atoms with E-state index < -0.39 is 0 Å². The van der Waals surface area contributed by atoms with Crippen molar-refractivity contribution in [2.24, 2.45) is 5.41 Å². The second kappa shape index (κ2) is 5.59. The molecule has 3 unspecified atom stereocenters. The Morgan fingerprint density at radius 1 is 1.42 bits per heavy atom. The summed E-state index contributed by atoms with van der Waals surface area (Å²) in [5.41, 5.74) is 0.932. The first-order valence-electron chi connectivity index (χ1n) is 6.97. The Balaban J connectivity index is 1.89. The molecule has 3 heteroatoms. The molecule has 0 radical (unpaired) electrons. The predicted octanol–water partition coefficient (Wildman–Crippen LogP) is 3.16. The molecule has 1 aliphatic carbocycles. The molecule has 0 heterocycles. The standard InChI is InChI=1S/C16H24FNO/c1-11(9-12-7-5-6-8-13(12)17)18-14-10-15(19-4)16(14,2)3/h5-8,11,14-15,18H,9-10H2,1-4H3. The average molecular weight is 265 g/mol. The number of methoxy groups -OCH3 is 1. The fraction of sp³-hybridized carbons (Fsp3) is 0.625. The summed E-state index contributed by atoms with van der Waals surface area (Å²) in [5, 5.41) is 3.60. The summed E-state index contributed by atoms with van der Waals surface area (Å²) in [4.78, 5) is 0. The fourth-order valence-electron chi connectivity index (χ4n) is 2.96. The van der Waals surface area contributed by atoms with Gasteiger partial charge in [0.2, 0.25) is 0 Å². The molecule has 1 saturated carbocycles. The van der Waals surface area contributed by atoms with Crippen LogP contribution in [0.1, 0.15) is 32.8 Å². The molecular formula is C16H24FNO. The van der Waals surface area contributed by atoms with Gasteiger partial charge < -0.3 is 10.1 Å². The Bertz CT molecular complexity index is 433. The van der Waals surface area contributed by atoms with Gasteiger partial charge in [0, 0.05) is 24.6 Å². The highest BCUT2D eigenvalue weighted by molar-refractivity contribution is 5.18. The third kappa shape index (κ3) is 2.98. The van der Waals surface area contributed by atoms with Crippen LogP contribution < -0.4 is 5.32 Å². The van der Waals surface area contributed by atoms with Gasteiger partial charge in [0.15, 0.2) is 0 Å². The highest BCUT2D eigenvalue weighted by Gasteiger charge is 2.48. The Morgan fingerprint density at radius 2 is 2.11 bits per heavy atom. The van der Waals surface area contributed by atoms with Crippen molar-refractivity contribution in [1.29, 1.82) is 0 Å². The van der Waals surface area contributed by atoms with Crippen molar-refractivity contribution in [1.82, 2.24) is 5.32 Å². The van der Waals surface area contributed by atoms with E-state index >= 15 is 0 Å². The van der Waals surface area contributed by atoms with Crippen molar-refractivity contribution < 1.29 is 9.13 Å². The molecule has 1 aromatic carbocycles. The molecule has 1 fully saturated rings. The van der Waals surface area contributed by atoms with Crippen LogP contribution in [0.5, 0.6) is 0 Å². The predicted molar refractivity (Wildman–Crippen MR) is 75.7 cm³/mol. The molecule has 2 rings (SSSR count). The Morgan fingerprint density at radius 3 is 2.68 bits per heavy atom. The average Bonchev–Trinajstić information content (AvgIpc) is 2.37. The van der Waals surface area contributed by atoms with Crippen LogP contribution in [0, 0.1) is 11.2 Å². The first-order valence-corrected chi connectivity index (χ1v) is 6.97. The van der Waals surface area contributed by atoms with Crippen LogP contribution in [-0.4, -0.2) is 25.3 Å². The highest BCUT2D eigenvalue weighted by Crippen LogP contribution is 2.42. The number of benzene rings is 1. The normalized spacial score (nSPS) is 26.8. The lowest BCUT2D eigenvalue weighted by Crippen LogP contribution is -2.62. The zero-order valence-electron chi connectivity index (χ0n) is 12.2. The van der Waals surface area contributed by atoms with Crippen LogP contribution in [0.15, 0.2) is 24.3 Å². The van der Waals surface area contributed by atoms with E-state index in [9.17, 15) is 4.39 Å². The van der Waals surface area contributed by atoms with Crippen molar-refractivity contribution in [3.05, 3.63) is 35.6 Å². The molecular weight excluding hydrogens is 241 g/mol. The van der Waals surface area contributed by atoms with Gasteiger partial charge in [0.1, 0.15) is 5.82 Å². The van der Waals surface area contributed by atoms with E-state index in [0.29, 0.717) is 12.1 Å². The number of hydrogen-bond donors (Lipinski definition) is 1. The zero-order valence-corrected chi connectivity index (χ0v) is 12.2. The minimum Gasteiger partial charge on any atom is -0.381 e. The van der Waals surface area contributed by atoms with Crippen LogP contribution in [-0.2, 0) is 11.2 Å². The third-order valence-electron chi connectivity index (χ3n) is 4.43. The van der Waals surface area contributed by atoms with E-state index in [1.165, 1.54) is 6.07 Å². The summed E-state index contributed by atoms with van der Waals surface area (Å²) in [7, 11) is 1.77. The number of hydrogen-bond acceptors (Lipinski definition) is 2. The zero-order chi connectivity index (χ0) is 14.0. The van der Waals surface area contributed by atoms with E-state index in [0.717, 1.165) is 18.4 Å². The Hall–Kier alpha value is -0.930. The number of halogens is 1. The second-order valence-electron chi connectivity index (χ2n) is 6.20. The maximum Gasteiger partial charge on any atom is 0.126 e. The first kappa shape index (κ1) is 14.5. The van der Waals surface area contributed by atoms with E-state index in [-0.39, 0.29) is 17.3 Å². The van der Waals surface area contributed by atoms with Crippen molar-refractivity contribution in [2.75, 3.05) is 7.11 Å². The summed E-state index contributed by atoms with van der Waals surface area (Å²) in [5.74, 6) is -0.112. The second-order valence-corrected chi connectivity index (χ2v) is 6.20. The van der Waals surface area contributed by atoms with Gasteiger partial charge >= 0.3 is 0 Å². The molecule has 1 N–H and O–H groups in total. The van der Waals surface area contributed by atoms with Gasteiger partial charge in [-0.3, -0.25) is 0 Å². The summed E-state index contributed by atoms with van der Waals surface area (Å²) in [6, 6.07) is 7.71. The Labute approximate surface area is 115 Å². The van der Waals surface area contributed by atoms with Crippen LogP contribution >= 0.6 is 0 Å².